The van der Waals surface area contributed by atoms with Crippen LogP contribution in [0.2, 0.25) is 0 Å². The van der Waals surface area contributed by atoms with Gasteiger partial charge in [-0.15, -0.1) is 0 Å². The molecule has 0 radical (unpaired) electrons. The summed E-state index contributed by atoms with van der Waals surface area (Å²) in [5.74, 6) is 0. The van der Waals surface area contributed by atoms with Gasteiger partial charge in [-0.2, -0.15) is 5.26 Å². The number of hydrogen-bond acceptors (Lipinski definition) is 2. The first-order valence-corrected chi connectivity index (χ1v) is 32.6. The van der Waals surface area contributed by atoms with Crippen molar-refractivity contribution in [2.45, 2.75) is 34.6 Å². The van der Waals surface area contributed by atoms with Crippen LogP contribution in [0.15, 0.2) is 285 Å². The summed E-state index contributed by atoms with van der Waals surface area (Å²) < 4.78 is 9.55. The molecule has 0 unspecified atom stereocenters. The lowest BCUT2D eigenvalue weighted by Gasteiger charge is -2.26. The molecule has 6 nitrogen and oxygen atoms in total. The summed E-state index contributed by atoms with van der Waals surface area (Å²) >= 11 is 0. The molecular formula is C89H62N6. The van der Waals surface area contributed by atoms with Crippen molar-refractivity contribution in [2.24, 2.45) is 0 Å². The van der Waals surface area contributed by atoms with Gasteiger partial charge in [0, 0.05) is 89.4 Å². The largest absolute Gasteiger partial charge is 0.309 e. The van der Waals surface area contributed by atoms with E-state index in [0.29, 0.717) is 5.56 Å². The molecule has 18 rings (SSSR count). The fourth-order valence-electron chi connectivity index (χ4n) is 15.6. The van der Waals surface area contributed by atoms with Crippen LogP contribution in [0.25, 0.3) is 166 Å². The molecule has 0 saturated carbocycles. The van der Waals surface area contributed by atoms with Crippen LogP contribution in [-0.4, -0.2) is 23.3 Å². The summed E-state index contributed by atoms with van der Waals surface area (Å²) in [4.78, 5) is 4.60. The maximum absolute atomic E-state index is 12.4. The minimum atomic E-state index is 0.571. The summed E-state index contributed by atoms with van der Waals surface area (Å²) in [6, 6.07) is 103. The summed E-state index contributed by atoms with van der Waals surface area (Å²) in [7, 11) is 0. The molecule has 448 valence electrons. The maximum Gasteiger partial charge on any atom is 0.100 e. The average Bonchev–Trinajstić information content (AvgIpc) is 1.58. The number of rotatable bonds is 9. The topological polar surface area (TPSA) is 56.4 Å². The normalized spacial score (nSPS) is 11.8. The molecule has 5 heterocycles. The quantitative estimate of drug-likeness (QED) is 0.145. The minimum absolute atomic E-state index is 0.571. The number of para-hydroxylation sites is 3. The van der Waals surface area contributed by atoms with E-state index in [1.54, 1.807) is 0 Å². The lowest BCUT2D eigenvalue weighted by molar-refractivity contribution is 1.18. The van der Waals surface area contributed by atoms with Crippen LogP contribution in [0.4, 0.5) is 0 Å². The molecule has 0 N–H and O–H groups in total. The van der Waals surface area contributed by atoms with Crippen LogP contribution in [0.3, 0.4) is 0 Å². The number of fused-ring (bicyclic) bond motifs is 12. The van der Waals surface area contributed by atoms with E-state index in [4.69, 9.17) is 0 Å². The molecule has 0 aliphatic heterocycles. The van der Waals surface area contributed by atoms with Gasteiger partial charge in [0.05, 0.1) is 49.7 Å². The van der Waals surface area contributed by atoms with Crippen molar-refractivity contribution in [2.75, 3.05) is 0 Å². The molecule has 0 aliphatic rings. The van der Waals surface area contributed by atoms with Gasteiger partial charge in [-0.25, -0.2) is 0 Å². The smallest absolute Gasteiger partial charge is 0.100 e. The van der Waals surface area contributed by atoms with E-state index in [-0.39, 0.29) is 0 Å². The Morgan fingerprint density at radius 1 is 0.242 bits per heavy atom. The summed E-state index contributed by atoms with van der Waals surface area (Å²) in [6.07, 6.45) is 3.70. The van der Waals surface area contributed by atoms with Gasteiger partial charge in [0.15, 0.2) is 0 Å². The SMILES string of the molecule is Cc1ccc2c(c1)c1ccccc1n2-c1ccc(-c2c(-c3ccncc3)c(C#N)c(-c3ccc(-n4c5ccc(C)cc5c5cc(C)ccc54)cc3)c(-c3ccc(-n4c5ccccc5c5cc(C)ccc54)cc3)c2-c2ccc(-n3c4ccccc4c4cc(C)ccc43)cc2)cc1. The van der Waals surface area contributed by atoms with Gasteiger partial charge >= 0.3 is 0 Å². The average molecular weight is 1220 g/mol. The Bertz CT molecular complexity index is 6170. The fraction of sp³-hybridized carbons (Fsp3) is 0.0562. The van der Waals surface area contributed by atoms with E-state index >= 15 is 0 Å². The zero-order chi connectivity index (χ0) is 63.7. The first-order valence-electron chi connectivity index (χ1n) is 32.6. The standard InChI is InChI=1S/C89H62N6/c1-54-18-39-80-71(48-54)68-12-6-9-15-77(68)92(80)64-33-25-60(26-34-64)87-85(59-23-31-67(32-24-59)95-83-42-21-57(4)51-74(83)75-52-58(5)22-43-84(75)95)76(53-90)86(63-44-46-91-47-45-63)88(61-27-35-65(36-28-61)93-78-16-10-7-13-69(78)72-49-55(2)19-40-81(72)93)89(87)62-29-37-66(38-30-62)94-79-17-11-8-14-70(79)73-50-56(3)20-41-82(73)94/h6-52H,1-5H3. The molecular weight excluding hydrogens is 1150 g/mol. The second-order valence-corrected chi connectivity index (χ2v) is 25.8. The third kappa shape index (κ3) is 8.74. The molecule has 0 fully saturated rings. The first-order chi connectivity index (χ1) is 46.6. The van der Waals surface area contributed by atoms with Crippen molar-refractivity contribution in [1.29, 1.82) is 5.26 Å². The fourth-order valence-corrected chi connectivity index (χ4v) is 15.6. The van der Waals surface area contributed by atoms with Crippen molar-refractivity contribution in [3.05, 3.63) is 319 Å². The molecule has 13 aromatic carbocycles. The highest BCUT2D eigenvalue weighted by molar-refractivity contribution is 6.15. The minimum Gasteiger partial charge on any atom is -0.309 e. The van der Waals surface area contributed by atoms with Gasteiger partial charge in [0.25, 0.3) is 0 Å². The van der Waals surface area contributed by atoms with E-state index in [1.807, 2.05) is 12.4 Å². The monoisotopic (exact) mass is 1210 g/mol. The molecule has 0 atom stereocenters. The van der Waals surface area contributed by atoms with E-state index in [9.17, 15) is 5.26 Å². The molecule has 6 heteroatoms. The Morgan fingerprint density at radius 3 is 0.758 bits per heavy atom. The zero-order valence-corrected chi connectivity index (χ0v) is 53.3. The van der Waals surface area contributed by atoms with Gasteiger partial charge in [0.2, 0.25) is 0 Å². The summed E-state index contributed by atoms with van der Waals surface area (Å²) in [6.45, 7) is 10.8. The number of hydrogen-bond donors (Lipinski definition) is 0. The van der Waals surface area contributed by atoms with Crippen LogP contribution in [0.1, 0.15) is 33.4 Å². The molecule has 18 aromatic rings. The summed E-state index contributed by atoms with van der Waals surface area (Å²) in [5, 5.41) is 22.2. The van der Waals surface area contributed by atoms with E-state index in [0.717, 1.165) is 123 Å². The third-order valence-corrected chi connectivity index (χ3v) is 19.8. The molecule has 0 saturated heterocycles. The number of benzene rings is 13. The van der Waals surface area contributed by atoms with Crippen LogP contribution < -0.4 is 0 Å². The molecule has 0 aliphatic carbocycles. The second-order valence-electron chi connectivity index (χ2n) is 25.8. The number of pyridine rings is 1. The number of aryl methyl sites for hydroxylation is 5. The number of aromatic nitrogens is 5. The van der Waals surface area contributed by atoms with Crippen molar-refractivity contribution in [3.63, 3.8) is 0 Å². The zero-order valence-electron chi connectivity index (χ0n) is 53.3. The number of nitriles is 1. The third-order valence-electron chi connectivity index (χ3n) is 19.8. The van der Waals surface area contributed by atoms with E-state index < -0.39 is 0 Å². The van der Waals surface area contributed by atoms with Crippen molar-refractivity contribution >= 4 is 87.2 Å². The van der Waals surface area contributed by atoms with Crippen LogP contribution >= 0.6 is 0 Å². The number of nitrogens with zero attached hydrogens (tertiary/aromatic N) is 6. The summed E-state index contributed by atoms with van der Waals surface area (Å²) in [5.41, 5.74) is 29.4. The predicted molar refractivity (Wildman–Crippen MR) is 397 cm³/mol. The van der Waals surface area contributed by atoms with Crippen molar-refractivity contribution in [3.8, 4) is 84.5 Å². The Balaban J connectivity index is 0.937. The van der Waals surface area contributed by atoms with Crippen LogP contribution in [0.5, 0.6) is 0 Å². The highest BCUT2D eigenvalue weighted by Crippen LogP contribution is 2.54. The molecule has 0 amide bonds. The first kappa shape index (κ1) is 55.5. The highest BCUT2D eigenvalue weighted by atomic mass is 15.0. The molecule has 0 spiro atoms. The van der Waals surface area contributed by atoms with Crippen LogP contribution in [0, 0.1) is 45.9 Å². The van der Waals surface area contributed by atoms with Crippen molar-refractivity contribution < 1.29 is 0 Å². The molecule has 95 heavy (non-hydrogen) atoms. The highest BCUT2D eigenvalue weighted by Gasteiger charge is 2.30. The van der Waals surface area contributed by atoms with Crippen LogP contribution in [-0.2, 0) is 0 Å². The lowest BCUT2D eigenvalue weighted by atomic mass is 9.76. The predicted octanol–water partition coefficient (Wildman–Crippen LogP) is 23.2. The Labute approximate surface area is 550 Å². The molecule has 0 bridgehead atoms. The van der Waals surface area contributed by atoms with Gasteiger partial charge in [-0.3, -0.25) is 4.98 Å². The maximum atomic E-state index is 12.4. The van der Waals surface area contributed by atoms with Gasteiger partial charge in [-0.1, -0.05) is 161 Å². The Hall–Kier alpha value is -12.3. The van der Waals surface area contributed by atoms with Gasteiger partial charge < -0.3 is 18.3 Å². The second kappa shape index (κ2) is 21.7. The Kier molecular flexibility index (Phi) is 12.7. The van der Waals surface area contributed by atoms with Gasteiger partial charge in [0.1, 0.15) is 6.07 Å². The Morgan fingerprint density at radius 2 is 0.474 bits per heavy atom. The van der Waals surface area contributed by atoms with E-state index in [2.05, 4.69) is 337 Å². The lowest BCUT2D eigenvalue weighted by Crippen LogP contribution is -2.03. The molecule has 5 aromatic heterocycles. The van der Waals surface area contributed by atoms with E-state index in [1.165, 1.54) is 70.9 Å². The van der Waals surface area contributed by atoms with Crippen molar-refractivity contribution in [1.82, 2.24) is 23.3 Å². The van der Waals surface area contributed by atoms with Gasteiger partial charge in [-0.05, 0) is 219 Å².